The number of nitrogens with zero attached hydrogens (tertiary/aromatic N) is 4. The number of rotatable bonds is 3. The Morgan fingerprint density at radius 2 is 1.86 bits per heavy atom. The molecule has 0 unspecified atom stereocenters. The Balaban J connectivity index is 1.18. The molecule has 0 saturated carbocycles. The fourth-order valence-electron chi connectivity index (χ4n) is 4.53. The van der Waals surface area contributed by atoms with E-state index in [-0.39, 0.29) is 11.8 Å². The van der Waals surface area contributed by atoms with E-state index < -0.39 is 0 Å². The number of para-hydroxylation sites is 1. The summed E-state index contributed by atoms with van der Waals surface area (Å²) in [4.78, 5) is 31.7. The number of amides is 2. The summed E-state index contributed by atoms with van der Waals surface area (Å²) < 4.78 is 0. The molecule has 5 rings (SSSR count). The number of nitrogens with one attached hydrogen (secondary N) is 2. The van der Waals surface area contributed by atoms with Crippen LogP contribution < -0.4 is 10.2 Å². The molecule has 3 aliphatic heterocycles. The summed E-state index contributed by atoms with van der Waals surface area (Å²) >= 11 is 0. The number of anilines is 1. The Morgan fingerprint density at radius 1 is 1.03 bits per heavy atom. The second-order valence-electron chi connectivity index (χ2n) is 7.95. The summed E-state index contributed by atoms with van der Waals surface area (Å²) in [7, 11) is 0. The summed E-state index contributed by atoms with van der Waals surface area (Å²) in [5.41, 5.74) is 4.91. The molecule has 4 heterocycles. The average Bonchev–Trinajstić information content (AvgIpc) is 3.38. The second-order valence-corrected chi connectivity index (χ2v) is 7.95. The van der Waals surface area contributed by atoms with Crippen LogP contribution in [-0.4, -0.2) is 77.6 Å². The molecule has 152 valence electrons. The minimum absolute atomic E-state index is 0.00866. The zero-order chi connectivity index (χ0) is 19.8. The first-order valence-corrected chi connectivity index (χ1v) is 10.4. The van der Waals surface area contributed by atoms with Gasteiger partial charge in [-0.2, -0.15) is 5.10 Å². The van der Waals surface area contributed by atoms with Crippen LogP contribution in [0.5, 0.6) is 0 Å². The molecule has 0 bridgehead atoms. The van der Waals surface area contributed by atoms with E-state index in [1.54, 1.807) is 0 Å². The number of H-pyrrole nitrogens is 1. The number of hydrogen-bond donors (Lipinski definition) is 2. The van der Waals surface area contributed by atoms with Crippen molar-refractivity contribution in [1.82, 2.24) is 25.3 Å². The summed E-state index contributed by atoms with van der Waals surface area (Å²) in [5.74, 6) is 0.132. The molecule has 1 aromatic carbocycles. The van der Waals surface area contributed by atoms with E-state index in [0.29, 0.717) is 45.0 Å². The lowest BCUT2D eigenvalue weighted by Crippen LogP contribution is -2.51. The minimum atomic E-state index is -0.00866. The van der Waals surface area contributed by atoms with Crippen LogP contribution in [0.2, 0.25) is 0 Å². The maximum Gasteiger partial charge on any atom is 0.274 e. The van der Waals surface area contributed by atoms with Crippen LogP contribution >= 0.6 is 0 Å². The molecule has 2 N–H and O–H groups in total. The number of aromatic nitrogens is 2. The van der Waals surface area contributed by atoms with Crippen molar-refractivity contribution in [3.05, 3.63) is 46.8 Å². The SMILES string of the molecule is O=C(c1n[nH]c2c1CNCC2)N1CCN(CC(=O)N2CCc3ccccc32)CC1. The number of aromatic amines is 1. The van der Waals surface area contributed by atoms with Crippen LogP contribution in [0.3, 0.4) is 0 Å². The maximum atomic E-state index is 12.9. The minimum Gasteiger partial charge on any atom is -0.335 e. The molecule has 0 aliphatic carbocycles. The normalized spacial score (nSPS) is 19.2. The lowest BCUT2D eigenvalue weighted by Gasteiger charge is -2.35. The van der Waals surface area contributed by atoms with Crippen molar-refractivity contribution in [3.8, 4) is 0 Å². The van der Waals surface area contributed by atoms with Gasteiger partial charge in [0.05, 0.1) is 6.54 Å². The van der Waals surface area contributed by atoms with Gasteiger partial charge in [-0.15, -0.1) is 0 Å². The van der Waals surface area contributed by atoms with Crippen molar-refractivity contribution >= 4 is 17.5 Å². The highest BCUT2D eigenvalue weighted by Crippen LogP contribution is 2.27. The monoisotopic (exact) mass is 394 g/mol. The third-order valence-electron chi connectivity index (χ3n) is 6.22. The largest absolute Gasteiger partial charge is 0.335 e. The zero-order valence-corrected chi connectivity index (χ0v) is 16.5. The second kappa shape index (κ2) is 7.61. The average molecular weight is 394 g/mol. The van der Waals surface area contributed by atoms with E-state index in [1.807, 2.05) is 28.0 Å². The molecular formula is C21H26N6O2. The number of carbonyl (C=O) groups excluding carboxylic acids is 2. The summed E-state index contributed by atoms with van der Waals surface area (Å²) in [6.07, 6.45) is 1.80. The highest BCUT2D eigenvalue weighted by atomic mass is 16.2. The third kappa shape index (κ3) is 3.42. The van der Waals surface area contributed by atoms with Crippen molar-refractivity contribution < 1.29 is 9.59 Å². The van der Waals surface area contributed by atoms with Crippen LogP contribution in [0.1, 0.15) is 27.3 Å². The molecule has 1 fully saturated rings. The van der Waals surface area contributed by atoms with Gasteiger partial charge in [-0.05, 0) is 18.1 Å². The molecule has 2 aromatic rings. The molecule has 0 spiro atoms. The smallest absolute Gasteiger partial charge is 0.274 e. The predicted octanol–water partition coefficient (Wildman–Crippen LogP) is 0.403. The molecule has 29 heavy (non-hydrogen) atoms. The topological polar surface area (TPSA) is 84.6 Å². The van der Waals surface area contributed by atoms with E-state index in [9.17, 15) is 9.59 Å². The number of hydrogen-bond acceptors (Lipinski definition) is 5. The van der Waals surface area contributed by atoms with Crippen molar-refractivity contribution in [2.45, 2.75) is 19.4 Å². The molecule has 8 nitrogen and oxygen atoms in total. The highest BCUT2D eigenvalue weighted by Gasteiger charge is 2.30. The van der Waals surface area contributed by atoms with Crippen LogP contribution in [0.25, 0.3) is 0 Å². The van der Waals surface area contributed by atoms with Crippen LogP contribution in [-0.2, 0) is 24.2 Å². The Bertz CT molecular complexity index is 931. The number of piperazine rings is 1. The summed E-state index contributed by atoms with van der Waals surface area (Å²) in [5, 5.41) is 10.6. The van der Waals surface area contributed by atoms with Gasteiger partial charge in [-0.3, -0.25) is 19.6 Å². The quantitative estimate of drug-likeness (QED) is 0.788. The Kier molecular flexibility index (Phi) is 4.81. The number of fused-ring (bicyclic) bond motifs is 2. The zero-order valence-electron chi connectivity index (χ0n) is 16.5. The van der Waals surface area contributed by atoms with Gasteiger partial charge in [-0.1, -0.05) is 18.2 Å². The molecule has 1 saturated heterocycles. The maximum absolute atomic E-state index is 12.9. The van der Waals surface area contributed by atoms with E-state index in [0.717, 1.165) is 42.9 Å². The molecular weight excluding hydrogens is 368 g/mol. The van der Waals surface area contributed by atoms with Crippen molar-refractivity contribution in [1.29, 1.82) is 0 Å². The van der Waals surface area contributed by atoms with Gasteiger partial charge in [0, 0.05) is 69.2 Å². The molecule has 8 heteroatoms. The molecule has 2 amide bonds. The fraction of sp³-hybridized carbons (Fsp3) is 0.476. The fourth-order valence-corrected chi connectivity index (χ4v) is 4.53. The van der Waals surface area contributed by atoms with Gasteiger partial charge in [-0.25, -0.2) is 0 Å². The third-order valence-corrected chi connectivity index (χ3v) is 6.22. The van der Waals surface area contributed by atoms with E-state index in [1.165, 1.54) is 5.56 Å². The van der Waals surface area contributed by atoms with E-state index in [4.69, 9.17) is 0 Å². The molecule has 1 aromatic heterocycles. The van der Waals surface area contributed by atoms with Gasteiger partial charge in [0.15, 0.2) is 5.69 Å². The van der Waals surface area contributed by atoms with Gasteiger partial charge < -0.3 is 15.1 Å². The summed E-state index contributed by atoms with van der Waals surface area (Å²) in [6, 6.07) is 8.13. The molecule has 0 radical (unpaired) electrons. The van der Waals surface area contributed by atoms with Crippen molar-refractivity contribution in [2.75, 3.05) is 50.7 Å². The van der Waals surface area contributed by atoms with Crippen molar-refractivity contribution in [3.63, 3.8) is 0 Å². The lowest BCUT2D eigenvalue weighted by molar-refractivity contribution is -0.120. The summed E-state index contributed by atoms with van der Waals surface area (Å²) in [6.45, 7) is 5.42. The standard InChI is InChI=1S/C21H26N6O2/c28-19(27-8-6-15-3-1-2-4-18(15)27)14-25-9-11-26(12-10-25)21(29)20-16-13-22-7-5-17(16)23-24-20/h1-4,22H,5-14H2,(H,23,24). The van der Waals surface area contributed by atoms with Gasteiger partial charge in [0.1, 0.15) is 0 Å². The molecule has 0 atom stereocenters. The number of benzene rings is 1. The first-order valence-electron chi connectivity index (χ1n) is 10.4. The number of carbonyl (C=O) groups is 2. The van der Waals surface area contributed by atoms with Crippen LogP contribution in [0.4, 0.5) is 5.69 Å². The Morgan fingerprint density at radius 3 is 2.72 bits per heavy atom. The van der Waals surface area contributed by atoms with Gasteiger partial charge in [0.2, 0.25) is 5.91 Å². The van der Waals surface area contributed by atoms with Crippen molar-refractivity contribution in [2.24, 2.45) is 0 Å². The Labute approximate surface area is 169 Å². The van der Waals surface area contributed by atoms with Gasteiger partial charge in [0.25, 0.3) is 5.91 Å². The van der Waals surface area contributed by atoms with Crippen LogP contribution in [0, 0.1) is 0 Å². The first kappa shape index (κ1) is 18.3. The van der Waals surface area contributed by atoms with Crippen LogP contribution in [0.15, 0.2) is 24.3 Å². The highest BCUT2D eigenvalue weighted by molar-refractivity contribution is 5.97. The predicted molar refractivity (Wildman–Crippen MR) is 109 cm³/mol. The first-order chi connectivity index (χ1) is 14.2. The Hall–Kier alpha value is -2.71. The van der Waals surface area contributed by atoms with E-state index in [2.05, 4.69) is 26.5 Å². The van der Waals surface area contributed by atoms with E-state index >= 15 is 0 Å². The molecule has 3 aliphatic rings. The van der Waals surface area contributed by atoms with Gasteiger partial charge >= 0.3 is 0 Å². The lowest BCUT2D eigenvalue weighted by atomic mass is 10.1.